The van der Waals surface area contributed by atoms with E-state index in [9.17, 15) is 14.4 Å². The minimum Gasteiger partial charge on any atom is -0.469 e. The zero-order valence-electron chi connectivity index (χ0n) is 9.91. The van der Waals surface area contributed by atoms with Gasteiger partial charge in [0, 0.05) is 0 Å². The van der Waals surface area contributed by atoms with Gasteiger partial charge in [-0.1, -0.05) is 23.1 Å². The van der Waals surface area contributed by atoms with E-state index in [2.05, 4.69) is 10.3 Å². The highest BCUT2D eigenvalue weighted by molar-refractivity contribution is 8.00. The van der Waals surface area contributed by atoms with Crippen LogP contribution in [0.2, 0.25) is 0 Å². The molecule has 1 saturated heterocycles. The summed E-state index contributed by atoms with van der Waals surface area (Å²) in [5, 5.41) is 2.50. The number of rotatable bonds is 1. The summed E-state index contributed by atoms with van der Waals surface area (Å²) in [6.07, 6.45) is 1.52. The van der Waals surface area contributed by atoms with Crippen LogP contribution < -0.4 is 10.2 Å². The summed E-state index contributed by atoms with van der Waals surface area (Å²) in [7, 11) is 0. The number of thioether (sulfide) groups is 1. The second-order valence-corrected chi connectivity index (χ2v) is 6.79. The van der Waals surface area contributed by atoms with Crippen molar-refractivity contribution in [3.8, 4) is 0 Å². The second-order valence-electron chi connectivity index (χ2n) is 4.62. The molecule has 0 aromatic carbocycles. The molecule has 0 unspecified atom stereocenters. The largest absolute Gasteiger partial charge is 0.469 e. The van der Waals surface area contributed by atoms with Crippen LogP contribution in [0.5, 0.6) is 0 Å². The van der Waals surface area contributed by atoms with E-state index in [0.29, 0.717) is 10.8 Å². The first-order valence-electron chi connectivity index (χ1n) is 5.93. The summed E-state index contributed by atoms with van der Waals surface area (Å²) >= 11 is 2.31. The Bertz CT molecular complexity index is 761. The van der Waals surface area contributed by atoms with Crippen molar-refractivity contribution in [2.75, 3.05) is 0 Å². The molecule has 0 aliphatic carbocycles. The lowest BCUT2D eigenvalue weighted by Crippen LogP contribution is -2.30. The van der Waals surface area contributed by atoms with Gasteiger partial charge in [-0.15, -0.1) is 0 Å². The summed E-state index contributed by atoms with van der Waals surface area (Å²) in [4.78, 5) is 38.8. The van der Waals surface area contributed by atoms with Crippen molar-refractivity contribution in [2.45, 2.75) is 16.2 Å². The average Bonchev–Trinajstić information content (AvgIpc) is 3.08. The van der Waals surface area contributed by atoms with Crippen molar-refractivity contribution in [3.05, 3.63) is 38.7 Å². The van der Waals surface area contributed by atoms with E-state index in [4.69, 9.17) is 4.42 Å². The molecule has 0 bridgehead atoms. The van der Waals surface area contributed by atoms with Crippen LogP contribution in [-0.4, -0.2) is 22.0 Å². The van der Waals surface area contributed by atoms with E-state index >= 15 is 0 Å². The quantitative estimate of drug-likeness (QED) is 0.764. The summed E-state index contributed by atoms with van der Waals surface area (Å²) in [5.41, 5.74) is 0. The first-order valence-corrected chi connectivity index (χ1v) is 7.62. The summed E-state index contributed by atoms with van der Waals surface area (Å²) in [5.74, 6) is -0.930. The highest BCUT2D eigenvalue weighted by atomic mass is 32.2. The van der Waals surface area contributed by atoms with Crippen LogP contribution in [0.25, 0.3) is 0 Å². The normalized spacial score (nSPS) is 28.1. The Labute approximate surface area is 120 Å². The maximum atomic E-state index is 12.1. The van der Waals surface area contributed by atoms with Crippen LogP contribution in [0.4, 0.5) is 0 Å². The van der Waals surface area contributed by atoms with Gasteiger partial charge in [0.25, 0.3) is 0 Å². The molecule has 4 rings (SSSR count). The Morgan fingerprint density at radius 1 is 1.20 bits per heavy atom. The number of fused-ring (bicyclic) bond motifs is 2. The van der Waals surface area contributed by atoms with Crippen molar-refractivity contribution >= 4 is 34.9 Å². The van der Waals surface area contributed by atoms with Gasteiger partial charge in [-0.2, -0.15) is 0 Å². The van der Waals surface area contributed by atoms with E-state index in [1.54, 1.807) is 12.1 Å². The number of carbonyl (C=O) groups excluding carboxylic acids is 2. The Hall–Kier alpha value is -1.80. The maximum Gasteiger partial charge on any atom is 0.305 e. The van der Waals surface area contributed by atoms with Gasteiger partial charge in [0.15, 0.2) is 0 Å². The molecular formula is C12H8N2O4S2. The fourth-order valence-corrected chi connectivity index (χ4v) is 5.17. The first kappa shape index (κ1) is 12.0. The fourth-order valence-electron chi connectivity index (χ4n) is 2.71. The molecule has 8 heteroatoms. The lowest BCUT2D eigenvalue weighted by atomic mass is 9.87. The fraction of sp³-hybridized carbons (Fsp3) is 0.250. The average molecular weight is 308 g/mol. The number of hydrogen-bond acceptors (Lipinski definition) is 6. The van der Waals surface area contributed by atoms with Gasteiger partial charge in [0.1, 0.15) is 11.0 Å². The molecule has 6 nitrogen and oxygen atoms in total. The predicted molar refractivity (Wildman–Crippen MR) is 71.8 cm³/mol. The molecule has 1 fully saturated rings. The van der Waals surface area contributed by atoms with E-state index in [1.807, 2.05) is 0 Å². The maximum absolute atomic E-state index is 12.1. The van der Waals surface area contributed by atoms with Crippen LogP contribution in [0, 0.1) is 5.92 Å². The molecule has 102 valence electrons. The third-order valence-electron chi connectivity index (χ3n) is 3.51. The van der Waals surface area contributed by atoms with Crippen molar-refractivity contribution in [1.29, 1.82) is 0 Å². The van der Waals surface area contributed by atoms with E-state index in [0.717, 1.165) is 16.2 Å². The van der Waals surface area contributed by atoms with Gasteiger partial charge in [-0.05, 0) is 12.1 Å². The smallest absolute Gasteiger partial charge is 0.305 e. The van der Waals surface area contributed by atoms with E-state index in [-0.39, 0.29) is 22.6 Å². The molecule has 4 heterocycles. The number of aromatic nitrogens is 1. The summed E-state index contributed by atoms with van der Waals surface area (Å²) in [6, 6.07) is 3.50. The number of thiazole rings is 1. The zero-order chi connectivity index (χ0) is 13.9. The molecule has 2 aromatic heterocycles. The molecule has 2 amide bonds. The zero-order valence-corrected chi connectivity index (χ0v) is 11.5. The Morgan fingerprint density at radius 3 is 2.80 bits per heavy atom. The lowest BCUT2D eigenvalue weighted by Gasteiger charge is -2.27. The van der Waals surface area contributed by atoms with Gasteiger partial charge >= 0.3 is 4.87 Å². The summed E-state index contributed by atoms with van der Waals surface area (Å²) in [6.45, 7) is 0. The van der Waals surface area contributed by atoms with Crippen molar-refractivity contribution in [2.24, 2.45) is 5.92 Å². The van der Waals surface area contributed by atoms with Crippen LogP contribution in [0.1, 0.15) is 16.6 Å². The number of hydrogen-bond donors (Lipinski definition) is 2. The molecule has 0 radical (unpaired) electrons. The number of imide groups is 1. The van der Waals surface area contributed by atoms with Gasteiger partial charge in [-0.3, -0.25) is 19.7 Å². The van der Waals surface area contributed by atoms with E-state index < -0.39 is 11.2 Å². The number of carbonyl (C=O) groups is 2. The SMILES string of the molecule is O=C1NC(=O)[C@@H]2Sc3[nH]c(=O)sc3[C@H](c3ccco3)[C@H]12. The Balaban J connectivity index is 1.94. The number of amides is 2. The van der Waals surface area contributed by atoms with Crippen LogP contribution >= 0.6 is 23.1 Å². The molecular weight excluding hydrogens is 300 g/mol. The number of furan rings is 1. The lowest BCUT2D eigenvalue weighted by molar-refractivity contribution is -0.125. The standard InChI is InChI=1S/C12H8N2O4S2/c15-9-6-5(4-2-1-3-18-4)8-11(14-12(17)20-8)19-7(6)10(16)13-9/h1-3,5-7H,(H,14,17)(H,13,15,16)/t5-,6+,7-/m1/s1. The molecule has 20 heavy (non-hydrogen) atoms. The molecule has 0 saturated carbocycles. The third-order valence-corrected chi connectivity index (χ3v) is 5.93. The van der Waals surface area contributed by atoms with Gasteiger partial charge < -0.3 is 9.40 Å². The van der Waals surface area contributed by atoms with Crippen LogP contribution in [0.15, 0.2) is 32.6 Å². The number of aromatic amines is 1. The minimum absolute atomic E-state index is 0.188. The molecule has 2 aliphatic rings. The van der Waals surface area contributed by atoms with Crippen molar-refractivity contribution < 1.29 is 14.0 Å². The van der Waals surface area contributed by atoms with Crippen molar-refractivity contribution in [1.82, 2.24) is 10.3 Å². The molecule has 2 aliphatic heterocycles. The van der Waals surface area contributed by atoms with Gasteiger partial charge in [0.05, 0.1) is 28.0 Å². The Kier molecular flexibility index (Phi) is 2.45. The highest BCUT2D eigenvalue weighted by Crippen LogP contribution is 2.50. The minimum atomic E-state index is -0.530. The van der Waals surface area contributed by atoms with Crippen LogP contribution in [-0.2, 0) is 9.59 Å². The van der Waals surface area contributed by atoms with Gasteiger partial charge in [0.2, 0.25) is 11.8 Å². The predicted octanol–water partition coefficient (Wildman–Crippen LogP) is 0.908. The topological polar surface area (TPSA) is 92.2 Å². The van der Waals surface area contributed by atoms with Crippen molar-refractivity contribution in [3.63, 3.8) is 0 Å². The monoisotopic (exact) mass is 308 g/mol. The number of H-pyrrole nitrogens is 1. The third kappa shape index (κ3) is 1.55. The molecule has 0 spiro atoms. The first-order chi connectivity index (χ1) is 9.65. The molecule has 2 N–H and O–H groups in total. The Morgan fingerprint density at radius 2 is 2.05 bits per heavy atom. The second kappa shape index (κ2) is 4.10. The highest BCUT2D eigenvalue weighted by Gasteiger charge is 2.53. The molecule has 3 atom stereocenters. The van der Waals surface area contributed by atoms with Gasteiger partial charge in [-0.25, -0.2) is 0 Å². The number of nitrogens with one attached hydrogen (secondary N) is 2. The summed E-state index contributed by atoms with van der Waals surface area (Å²) < 4.78 is 5.42. The van der Waals surface area contributed by atoms with E-state index in [1.165, 1.54) is 18.0 Å². The van der Waals surface area contributed by atoms with Crippen LogP contribution in [0.3, 0.4) is 0 Å². The molecule has 2 aromatic rings.